The fourth-order valence-corrected chi connectivity index (χ4v) is 4.31. The average molecular weight is 287 g/mol. The second-order valence-electron chi connectivity index (χ2n) is 7.29. The first kappa shape index (κ1) is 15.1. The molecule has 2 aliphatic carbocycles. The molecule has 2 fully saturated rings. The molecule has 1 aromatic rings. The molecule has 3 atom stereocenters. The molecule has 116 valence electrons. The number of aliphatic hydroxyl groups excluding tert-OH is 1. The van der Waals surface area contributed by atoms with Crippen molar-refractivity contribution in [3.8, 4) is 0 Å². The predicted octanol–water partition coefficient (Wildman–Crippen LogP) is 3.85. The lowest BCUT2D eigenvalue weighted by molar-refractivity contribution is 0.110. The van der Waals surface area contributed by atoms with E-state index in [1.165, 1.54) is 24.8 Å². The Morgan fingerprint density at radius 1 is 0.905 bits per heavy atom. The zero-order valence-electron chi connectivity index (χ0n) is 13.2. The van der Waals surface area contributed by atoms with Gasteiger partial charge in [0.05, 0.1) is 6.10 Å². The fourth-order valence-electron chi connectivity index (χ4n) is 4.31. The predicted molar refractivity (Wildman–Crippen MR) is 87.4 cm³/mol. The number of hydrogen-bond acceptors (Lipinski definition) is 2. The van der Waals surface area contributed by atoms with E-state index in [1.807, 2.05) is 0 Å². The van der Waals surface area contributed by atoms with Gasteiger partial charge in [0, 0.05) is 12.1 Å². The third-order valence-corrected chi connectivity index (χ3v) is 5.38. The Kier molecular flexibility index (Phi) is 4.97. The van der Waals surface area contributed by atoms with Crippen LogP contribution < -0.4 is 5.32 Å². The Balaban J connectivity index is 1.58. The Morgan fingerprint density at radius 3 is 2.33 bits per heavy atom. The van der Waals surface area contributed by atoms with Gasteiger partial charge in [-0.3, -0.25) is 0 Å². The van der Waals surface area contributed by atoms with Gasteiger partial charge in [0.25, 0.3) is 0 Å². The molecule has 2 saturated carbocycles. The summed E-state index contributed by atoms with van der Waals surface area (Å²) in [5.74, 6) is 1.51. The quantitative estimate of drug-likeness (QED) is 0.885. The minimum absolute atomic E-state index is 0.0506. The van der Waals surface area contributed by atoms with Crippen molar-refractivity contribution < 1.29 is 5.11 Å². The van der Waals surface area contributed by atoms with Gasteiger partial charge in [0.2, 0.25) is 0 Å². The van der Waals surface area contributed by atoms with Crippen LogP contribution in [-0.4, -0.2) is 23.3 Å². The summed E-state index contributed by atoms with van der Waals surface area (Å²) in [5, 5.41) is 13.5. The molecule has 0 amide bonds. The minimum atomic E-state index is -0.0506. The van der Waals surface area contributed by atoms with E-state index in [1.54, 1.807) is 0 Å². The second-order valence-corrected chi connectivity index (χ2v) is 7.29. The van der Waals surface area contributed by atoms with E-state index in [0.717, 1.165) is 31.6 Å². The minimum Gasteiger partial charge on any atom is -0.393 e. The van der Waals surface area contributed by atoms with Crippen LogP contribution in [0.2, 0.25) is 0 Å². The maximum atomic E-state index is 9.64. The summed E-state index contributed by atoms with van der Waals surface area (Å²) in [4.78, 5) is 0. The molecule has 0 aliphatic heterocycles. The molecule has 0 heterocycles. The third-order valence-electron chi connectivity index (χ3n) is 5.38. The van der Waals surface area contributed by atoms with E-state index < -0.39 is 0 Å². The van der Waals surface area contributed by atoms with Gasteiger partial charge in [-0.1, -0.05) is 37.3 Å². The highest BCUT2D eigenvalue weighted by Crippen LogP contribution is 2.36. The van der Waals surface area contributed by atoms with Crippen molar-refractivity contribution in [3.05, 3.63) is 35.9 Å². The zero-order valence-corrected chi connectivity index (χ0v) is 13.2. The van der Waals surface area contributed by atoms with Crippen molar-refractivity contribution in [1.82, 2.24) is 5.32 Å². The molecule has 3 rings (SSSR count). The van der Waals surface area contributed by atoms with Crippen LogP contribution in [0.1, 0.15) is 63.4 Å². The van der Waals surface area contributed by atoms with Gasteiger partial charge in [0.15, 0.2) is 0 Å². The van der Waals surface area contributed by atoms with Gasteiger partial charge in [-0.2, -0.15) is 0 Å². The Hall–Kier alpha value is -0.860. The van der Waals surface area contributed by atoms with Crippen LogP contribution in [0, 0.1) is 5.92 Å². The van der Waals surface area contributed by atoms with E-state index in [-0.39, 0.29) is 6.10 Å². The molecule has 0 saturated heterocycles. The van der Waals surface area contributed by atoms with Crippen LogP contribution in [0.25, 0.3) is 0 Å². The standard InChI is InChI=1S/C19H29NO/c1-14-11-16(15-5-3-2-4-6-15)13-18(12-14)20-17-7-9-19(21)10-8-17/h2-6,14,16-21H,7-13H2,1H3. The molecular weight excluding hydrogens is 258 g/mol. The van der Waals surface area contributed by atoms with Gasteiger partial charge in [0.1, 0.15) is 0 Å². The molecule has 2 nitrogen and oxygen atoms in total. The molecule has 21 heavy (non-hydrogen) atoms. The monoisotopic (exact) mass is 287 g/mol. The topological polar surface area (TPSA) is 32.3 Å². The molecule has 0 radical (unpaired) electrons. The SMILES string of the molecule is CC1CC(NC2CCC(O)CC2)CC(c2ccccc2)C1. The summed E-state index contributed by atoms with van der Waals surface area (Å²) in [7, 11) is 0. The first-order valence-corrected chi connectivity index (χ1v) is 8.69. The molecule has 2 aliphatic rings. The molecule has 0 aromatic heterocycles. The molecule has 2 heteroatoms. The molecule has 0 bridgehead atoms. The molecule has 2 N–H and O–H groups in total. The largest absolute Gasteiger partial charge is 0.393 e. The smallest absolute Gasteiger partial charge is 0.0541 e. The van der Waals surface area contributed by atoms with Gasteiger partial charge >= 0.3 is 0 Å². The lowest BCUT2D eigenvalue weighted by Crippen LogP contribution is -2.44. The van der Waals surface area contributed by atoms with Gasteiger partial charge in [-0.15, -0.1) is 0 Å². The van der Waals surface area contributed by atoms with Gasteiger partial charge < -0.3 is 10.4 Å². The van der Waals surface area contributed by atoms with Crippen molar-refractivity contribution in [2.24, 2.45) is 5.92 Å². The van der Waals surface area contributed by atoms with Crippen LogP contribution in [0.15, 0.2) is 30.3 Å². The fraction of sp³-hybridized carbons (Fsp3) is 0.684. The lowest BCUT2D eigenvalue weighted by atomic mass is 9.76. The highest BCUT2D eigenvalue weighted by atomic mass is 16.3. The number of nitrogens with one attached hydrogen (secondary N) is 1. The molecule has 3 unspecified atom stereocenters. The number of aliphatic hydroxyl groups is 1. The van der Waals surface area contributed by atoms with E-state index in [2.05, 4.69) is 42.6 Å². The average Bonchev–Trinajstić information content (AvgIpc) is 2.50. The van der Waals surface area contributed by atoms with Gasteiger partial charge in [-0.25, -0.2) is 0 Å². The van der Waals surface area contributed by atoms with Gasteiger partial charge in [-0.05, 0) is 62.3 Å². The van der Waals surface area contributed by atoms with Crippen LogP contribution in [-0.2, 0) is 0 Å². The van der Waals surface area contributed by atoms with Crippen molar-refractivity contribution in [1.29, 1.82) is 0 Å². The second kappa shape index (κ2) is 6.93. The summed E-state index contributed by atoms with van der Waals surface area (Å²) in [5.41, 5.74) is 1.51. The Labute approximate surface area is 129 Å². The van der Waals surface area contributed by atoms with E-state index in [9.17, 15) is 5.11 Å². The van der Waals surface area contributed by atoms with Crippen LogP contribution in [0.4, 0.5) is 0 Å². The molecular formula is C19H29NO. The third kappa shape index (κ3) is 4.08. The maximum Gasteiger partial charge on any atom is 0.0541 e. The summed E-state index contributed by atoms with van der Waals surface area (Å²) in [6, 6.07) is 12.3. The van der Waals surface area contributed by atoms with Crippen LogP contribution in [0.5, 0.6) is 0 Å². The summed E-state index contributed by atoms with van der Waals surface area (Å²) in [6.07, 6.45) is 8.08. The summed E-state index contributed by atoms with van der Waals surface area (Å²) >= 11 is 0. The first-order chi connectivity index (χ1) is 10.2. The van der Waals surface area contributed by atoms with E-state index in [0.29, 0.717) is 18.0 Å². The van der Waals surface area contributed by atoms with E-state index in [4.69, 9.17) is 0 Å². The Morgan fingerprint density at radius 2 is 1.62 bits per heavy atom. The van der Waals surface area contributed by atoms with Crippen molar-refractivity contribution in [2.45, 2.75) is 76.0 Å². The maximum absolute atomic E-state index is 9.64. The van der Waals surface area contributed by atoms with E-state index >= 15 is 0 Å². The number of hydrogen-bond donors (Lipinski definition) is 2. The summed E-state index contributed by atoms with van der Waals surface area (Å²) < 4.78 is 0. The highest BCUT2D eigenvalue weighted by Gasteiger charge is 2.29. The lowest BCUT2D eigenvalue weighted by Gasteiger charge is -2.37. The van der Waals surface area contributed by atoms with Crippen molar-refractivity contribution in [2.75, 3.05) is 0 Å². The molecule has 0 spiro atoms. The van der Waals surface area contributed by atoms with Crippen LogP contribution in [0.3, 0.4) is 0 Å². The highest BCUT2D eigenvalue weighted by molar-refractivity contribution is 5.20. The van der Waals surface area contributed by atoms with Crippen LogP contribution >= 0.6 is 0 Å². The Bertz CT molecular complexity index is 424. The normalized spacial score (nSPS) is 37.3. The zero-order chi connectivity index (χ0) is 14.7. The van der Waals surface area contributed by atoms with Crippen molar-refractivity contribution >= 4 is 0 Å². The molecule has 1 aromatic carbocycles. The summed E-state index contributed by atoms with van der Waals surface area (Å²) in [6.45, 7) is 2.40. The van der Waals surface area contributed by atoms with Crippen molar-refractivity contribution in [3.63, 3.8) is 0 Å². The number of benzene rings is 1. The first-order valence-electron chi connectivity index (χ1n) is 8.69. The number of rotatable bonds is 3.